The van der Waals surface area contributed by atoms with Gasteiger partial charge in [-0.05, 0) is 33.6 Å². The Hall–Kier alpha value is -0.680. The van der Waals surface area contributed by atoms with Crippen LogP contribution in [-0.2, 0) is 11.2 Å². The first-order chi connectivity index (χ1) is 8.70. The molecule has 2 aromatic rings. The van der Waals surface area contributed by atoms with Crippen LogP contribution in [0.1, 0.15) is 16.5 Å². The van der Waals surface area contributed by atoms with Crippen LogP contribution >= 0.6 is 27.3 Å². The number of hydrogen-bond donors (Lipinski definition) is 1. The van der Waals surface area contributed by atoms with Crippen LogP contribution in [0.25, 0.3) is 0 Å². The lowest BCUT2D eigenvalue weighted by Crippen LogP contribution is -2.22. The molecule has 0 radical (unpaired) electrons. The van der Waals surface area contributed by atoms with Gasteiger partial charge in [-0.1, -0.05) is 30.3 Å². The predicted molar refractivity (Wildman–Crippen MR) is 77.9 cm³/mol. The Morgan fingerprint density at radius 1 is 1.22 bits per heavy atom. The van der Waals surface area contributed by atoms with Gasteiger partial charge in [-0.15, -0.1) is 11.3 Å². The quantitative estimate of drug-likeness (QED) is 0.905. The minimum Gasteiger partial charge on any atom is -0.390 e. The third-order valence-corrected chi connectivity index (χ3v) is 4.42. The lowest BCUT2D eigenvalue weighted by molar-refractivity contribution is -0.0124. The fraction of sp³-hybridized carbons (Fsp3) is 0.286. The maximum atomic E-state index is 10.3. The standard InChI is InChI=1S/C14H15BrO2S/c1-17-14(10-5-3-2-4-6-10)12(16)9-11-7-8-13(15)18-11/h2-8,12,14,16H,9H2,1H3. The van der Waals surface area contributed by atoms with E-state index in [0.29, 0.717) is 6.42 Å². The number of methoxy groups -OCH3 is 1. The van der Waals surface area contributed by atoms with Crippen LogP contribution in [0.4, 0.5) is 0 Å². The molecule has 0 spiro atoms. The highest BCUT2D eigenvalue weighted by molar-refractivity contribution is 9.11. The van der Waals surface area contributed by atoms with Gasteiger partial charge in [0.15, 0.2) is 0 Å². The van der Waals surface area contributed by atoms with Crippen molar-refractivity contribution in [3.8, 4) is 0 Å². The van der Waals surface area contributed by atoms with Crippen LogP contribution in [0.2, 0.25) is 0 Å². The molecule has 2 nitrogen and oxygen atoms in total. The Morgan fingerprint density at radius 2 is 1.94 bits per heavy atom. The van der Waals surface area contributed by atoms with Gasteiger partial charge in [0.05, 0.1) is 9.89 Å². The van der Waals surface area contributed by atoms with Crippen molar-refractivity contribution in [1.29, 1.82) is 0 Å². The Balaban J connectivity index is 2.08. The van der Waals surface area contributed by atoms with Gasteiger partial charge in [-0.3, -0.25) is 0 Å². The van der Waals surface area contributed by atoms with Crippen molar-refractivity contribution in [3.05, 3.63) is 56.7 Å². The summed E-state index contributed by atoms with van der Waals surface area (Å²) in [5.74, 6) is 0. The van der Waals surface area contributed by atoms with Gasteiger partial charge in [-0.2, -0.15) is 0 Å². The first-order valence-electron chi connectivity index (χ1n) is 5.70. The van der Waals surface area contributed by atoms with Crippen molar-refractivity contribution >= 4 is 27.3 Å². The second-order valence-corrected chi connectivity index (χ2v) is 6.59. The summed E-state index contributed by atoms with van der Waals surface area (Å²) in [5, 5.41) is 10.3. The lowest BCUT2D eigenvalue weighted by atomic mass is 10.0. The summed E-state index contributed by atoms with van der Waals surface area (Å²) in [6.07, 6.45) is -0.223. The van der Waals surface area contributed by atoms with Crippen molar-refractivity contribution < 1.29 is 9.84 Å². The molecule has 1 aromatic heterocycles. The van der Waals surface area contributed by atoms with Crippen molar-refractivity contribution in [3.63, 3.8) is 0 Å². The summed E-state index contributed by atoms with van der Waals surface area (Å²) in [6, 6.07) is 13.8. The minimum atomic E-state index is -0.539. The maximum absolute atomic E-state index is 10.3. The third-order valence-electron chi connectivity index (χ3n) is 2.77. The zero-order valence-corrected chi connectivity index (χ0v) is 12.4. The molecule has 4 heteroatoms. The number of ether oxygens (including phenoxy) is 1. The van der Waals surface area contributed by atoms with Crippen LogP contribution in [0, 0.1) is 0 Å². The summed E-state index contributed by atoms with van der Waals surface area (Å²) in [6.45, 7) is 0. The first kappa shape index (κ1) is 13.7. The fourth-order valence-corrected chi connectivity index (χ4v) is 3.47. The number of hydrogen-bond acceptors (Lipinski definition) is 3. The molecule has 0 aliphatic carbocycles. The Bertz CT molecular complexity index is 484. The van der Waals surface area contributed by atoms with Gasteiger partial charge in [0.2, 0.25) is 0 Å². The molecule has 2 atom stereocenters. The molecule has 0 fully saturated rings. The van der Waals surface area contributed by atoms with Gasteiger partial charge in [0, 0.05) is 18.4 Å². The molecule has 2 rings (SSSR count). The van der Waals surface area contributed by atoms with Gasteiger partial charge >= 0.3 is 0 Å². The average molecular weight is 327 g/mol. The molecular weight excluding hydrogens is 312 g/mol. The zero-order chi connectivity index (χ0) is 13.0. The normalized spacial score (nSPS) is 14.4. The maximum Gasteiger partial charge on any atom is 0.108 e. The summed E-state index contributed by atoms with van der Waals surface area (Å²) < 4.78 is 6.50. The second-order valence-electron chi connectivity index (χ2n) is 4.04. The predicted octanol–water partition coefficient (Wildman–Crippen LogP) is 3.80. The van der Waals surface area contributed by atoms with E-state index in [2.05, 4.69) is 15.9 Å². The van der Waals surface area contributed by atoms with Gasteiger partial charge in [0.1, 0.15) is 6.10 Å². The Labute approximate surface area is 119 Å². The highest BCUT2D eigenvalue weighted by Crippen LogP contribution is 2.27. The largest absolute Gasteiger partial charge is 0.390 e. The van der Waals surface area contributed by atoms with E-state index in [-0.39, 0.29) is 6.10 Å². The van der Waals surface area contributed by atoms with Crippen molar-refractivity contribution in [2.24, 2.45) is 0 Å². The first-order valence-corrected chi connectivity index (χ1v) is 7.31. The summed E-state index contributed by atoms with van der Waals surface area (Å²) >= 11 is 5.07. The van der Waals surface area contributed by atoms with E-state index in [1.165, 1.54) is 0 Å². The van der Waals surface area contributed by atoms with Gasteiger partial charge < -0.3 is 9.84 Å². The fourth-order valence-electron chi connectivity index (χ4n) is 1.93. The van der Waals surface area contributed by atoms with Crippen molar-refractivity contribution in [1.82, 2.24) is 0 Å². The summed E-state index contributed by atoms with van der Waals surface area (Å²) in [4.78, 5) is 1.15. The zero-order valence-electron chi connectivity index (χ0n) is 10.0. The third kappa shape index (κ3) is 3.42. The molecule has 1 heterocycles. The van der Waals surface area contributed by atoms with Gasteiger partial charge in [0.25, 0.3) is 0 Å². The molecule has 0 amide bonds. The van der Waals surface area contributed by atoms with Gasteiger partial charge in [-0.25, -0.2) is 0 Å². The van der Waals surface area contributed by atoms with Crippen LogP contribution in [0.15, 0.2) is 46.3 Å². The highest BCUT2D eigenvalue weighted by atomic mass is 79.9. The molecule has 96 valence electrons. The number of aliphatic hydroxyl groups excluding tert-OH is 1. The van der Waals surface area contributed by atoms with Crippen LogP contribution in [-0.4, -0.2) is 18.3 Å². The highest BCUT2D eigenvalue weighted by Gasteiger charge is 2.21. The van der Waals surface area contributed by atoms with Crippen LogP contribution < -0.4 is 0 Å². The molecule has 1 aromatic carbocycles. The number of benzene rings is 1. The topological polar surface area (TPSA) is 29.5 Å². The van der Waals surface area contributed by atoms with Crippen LogP contribution in [0.3, 0.4) is 0 Å². The molecule has 0 saturated heterocycles. The van der Waals surface area contributed by atoms with E-state index in [4.69, 9.17) is 4.74 Å². The minimum absolute atomic E-state index is 0.285. The number of thiophene rings is 1. The smallest absolute Gasteiger partial charge is 0.108 e. The molecule has 0 aliphatic rings. The Morgan fingerprint density at radius 3 is 2.50 bits per heavy atom. The molecule has 1 N–H and O–H groups in total. The molecule has 0 saturated carbocycles. The molecule has 2 unspecified atom stereocenters. The van der Waals surface area contributed by atoms with E-state index in [0.717, 1.165) is 14.2 Å². The molecule has 18 heavy (non-hydrogen) atoms. The van der Waals surface area contributed by atoms with E-state index >= 15 is 0 Å². The lowest BCUT2D eigenvalue weighted by Gasteiger charge is -2.21. The number of aliphatic hydroxyl groups is 1. The Kier molecular flexibility index (Phi) is 4.95. The summed E-state index contributed by atoms with van der Waals surface area (Å²) in [5.41, 5.74) is 1.00. The monoisotopic (exact) mass is 326 g/mol. The van der Waals surface area contributed by atoms with E-state index in [9.17, 15) is 5.11 Å². The average Bonchev–Trinajstić information content (AvgIpc) is 2.77. The molecule has 0 aliphatic heterocycles. The molecular formula is C14H15BrO2S. The van der Waals surface area contributed by atoms with E-state index in [1.54, 1.807) is 18.4 Å². The SMILES string of the molecule is COC(c1ccccc1)C(O)Cc1ccc(Br)s1. The second kappa shape index (κ2) is 6.48. The van der Waals surface area contributed by atoms with E-state index in [1.807, 2.05) is 42.5 Å². The molecule has 0 bridgehead atoms. The van der Waals surface area contributed by atoms with Crippen molar-refractivity contribution in [2.75, 3.05) is 7.11 Å². The van der Waals surface area contributed by atoms with Crippen LogP contribution in [0.5, 0.6) is 0 Å². The number of halogens is 1. The van der Waals surface area contributed by atoms with E-state index < -0.39 is 6.10 Å². The van der Waals surface area contributed by atoms with Crippen molar-refractivity contribution in [2.45, 2.75) is 18.6 Å². The number of rotatable bonds is 5. The summed E-state index contributed by atoms with van der Waals surface area (Å²) in [7, 11) is 1.63.